The molecule has 2 N–H and O–H groups in total. The lowest BCUT2D eigenvalue weighted by atomic mass is 9.96. The number of carboxylic acid groups (broad SMARTS) is 1. The molecule has 0 fully saturated rings. The van der Waals surface area contributed by atoms with Crippen molar-refractivity contribution in [1.82, 2.24) is 5.32 Å². The van der Waals surface area contributed by atoms with Crippen molar-refractivity contribution in [3.63, 3.8) is 0 Å². The molecule has 0 aromatic carbocycles. The zero-order chi connectivity index (χ0) is 12.6. The topological polar surface area (TPSA) is 90.2 Å². The molecule has 0 bridgehead atoms. The molecule has 1 atom stereocenters. The monoisotopic (exact) mass is 244 g/mol. The molecular formula is C10H16N2O3S. The van der Waals surface area contributed by atoms with Crippen LogP contribution in [0.5, 0.6) is 0 Å². The van der Waals surface area contributed by atoms with Gasteiger partial charge in [-0.15, -0.1) is 11.8 Å². The maximum absolute atomic E-state index is 11.2. The van der Waals surface area contributed by atoms with Gasteiger partial charge in [0.1, 0.15) is 0 Å². The van der Waals surface area contributed by atoms with E-state index < -0.39 is 11.9 Å². The fraction of sp³-hybridized carbons (Fsp3) is 0.700. The van der Waals surface area contributed by atoms with Crippen LogP contribution in [0.25, 0.3) is 0 Å². The molecule has 0 aliphatic carbocycles. The quantitative estimate of drug-likeness (QED) is 0.644. The fourth-order valence-corrected chi connectivity index (χ4v) is 1.55. The summed E-state index contributed by atoms with van der Waals surface area (Å²) in [7, 11) is 0. The lowest BCUT2D eigenvalue weighted by Gasteiger charge is -2.16. The number of hydrogen-bond acceptors (Lipinski definition) is 4. The van der Waals surface area contributed by atoms with Crippen molar-refractivity contribution in [1.29, 1.82) is 5.26 Å². The zero-order valence-corrected chi connectivity index (χ0v) is 10.2. The van der Waals surface area contributed by atoms with Crippen LogP contribution in [0.2, 0.25) is 0 Å². The van der Waals surface area contributed by atoms with E-state index in [1.54, 1.807) is 13.8 Å². The number of nitriles is 1. The van der Waals surface area contributed by atoms with Gasteiger partial charge in [-0.25, -0.2) is 0 Å². The Bertz CT molecular complexity index is 286. The van der Waals surface area contributed by atoms with Crippen LogP contribution in [-0.4, -0.2) is 35.0 Å². The van der Waals surface area contributed by atoms with Gasteiger partial charge in [-0.2, -0.15) is 5.26 Å². The highest BCUT2D eigenvalue weighted by molar-refractivity contribution is 8.00. The van der Waals surface area contributed by atoms with Crippen LogP contribution in [0, 0.1) is 23.2 Å². The number of amides is 1. The Kier molecular flexibility index (Phi) is 7.38. The average molecular weight is 244 g/mol. The number of carboxylic acids is 1. The van der Waals surface area contributed by atoms with Crippen molar-refractivity contribution < 1.29 is 14.7 Å². The van der Waals surface area contributed by atoms with Gasteiger partial charge in [-0.05, 0) is 5.92 Å². The van der Waals surface area contributed by atoms with Gasteiger partial charge in [0.05, 0.1) is 23.5 Å². The molecule has 90 valence electrons. The largest absolute Gasteiger partial charge is 0.481 e. The number of carbonyl (C=O) groups is 2. The molecule has 1 amide bonds. The van der Waals surface area contributed by atoms with E-state index in [0.29, 0.717) is 0 Å². The van der Waals surface area contributed by atoms with E-state index in [-0.39, 0.29) is 29.9 Å². The first-order chi connectivity index (χ1) is 7.49. The molecule has 0 rings (SSSR count). The smallest absolute Gasteiger partial charge is 0.308 e. The number of nitrogens with zero attached hydrogens (tertiary/aromatic N) is 1. The number of aliphatic carboxylic acids is 1. The van der Waals surface area contributed by atoms with Crippen molar-refractivity contribution in [2.24, 2.45) is 11.8 Å². The third-order valence-corrected chi connectivity index (χ3v) is 2.84. The van der Waals surface area contributed by atoms with E-state index in [1.165, 1.54) is 11.8 Å². The molecule has 6 heteroatoms. The highest BCUT2D eigenvalue weighted by Gasteiger charge is 2.21. The summed E-state index contributed by atoms with van der Waals surface area (Å²) in [5.74, 6) is -1.26. The Morgan fingerprint density at radius 1 is 1.50 bits per heavy atom. The fourth-order valence-electron chi connectivity index (χ4n) is 1.07. The minimum atomic E-state index is -0.903. The van der Waals surface area contributed by atoms with E-state index in [4.69, 9.17) is 10.4 Å². The van der Waals surface area contributed by atoms with Crippen molar-refractivity contribution in [3.05, 3.63) is 0 Å². The normalized spacial score (nSPS) is 11.9. The summed E-state index contributed by atoms with van der Waals surface area (Å²) in [6, 6.07) is 1.91. The van der Waals surface area contributed by atoms with E-state index in [9.17, 15) is 9.59 Å². The lowest BCUT2D eigenvalue weighted by molar-refractivity contribution is -0.143. The number of rotatable bonds is 7. The Morgan fingerprint density at radius 2 is 2.12 bits per heavy atom. The molecule has 0 radical (unpaired) electrons. The van der Waals surface area contributed by atoms with Crippen LogP contribution in [-0.2, 0) is 9.59 Å². The Morgan fingerprint density at radius 3 is 2.56 bits per heavy atom. The van der Waals surface area contributed by atoms with Gasteiger partial charge in [0.2, 0.25) is 5.91 Å². The predicted molar refractivity (Wildman–Crippen MR) is 61.9 cm³/mol. The molecule has 16 heavy (non-hydrogen) atoms. The van der Waals surface area contributed by atoms with Gasteiger partial charge < -0.3 is 10.4 Å². The summed E-state index contributed by atoms with van der Waals surface area (Å²) in [4.78, 5) is 22.0. The number of nitrogens with one attached hydrogen (secondary N) is 1. The third-order valence-electron chi connectivity index (χ3n) is 2.04. The van der Waals surface area contributed by atoms with Gasteiger partial charge >= 0.3 is 5.97 Å². The second kappa shape index (κ2) is 7.99. The molecule has 0 spiro atoms. The van der Waals surface area contributed by atoms with Gasteiger partial charge in [0.15, 0.2) is 0 Å². The van der Waals surface area contributed by atoms with Crippen LogP contribution in [0.4, 0.5) is 0 Å². The van der Waals surface area contributed by atoms with Crippen LogP contribution in [0.15, 0.2) is 0 Å². The number of carbonyl (C=O) groups excluding carboxylic acids is 1. The molecule has 0 heterocycles. The second-order valence-electron chi connectivity index (χ2n) is 3.64. The average Bonchev–Trinajstić information content (AvgIpc) is 2.17. The Hall–Kier alpha value is -1.22. The number of thioether (sulfide) groups is 1. The van der Waals surface area contributed by atoms with Crippen LogP contribution in [0.3, 0.4) is 0 Å². The zero-order valence-electron chi connectivity index (χ0n) is 9.40. The summed E-state index contributed by atoms with van der Waals surface area (Å²) in [5, 5.41) is 19.7. The van der Waals surface area contributed by atoms with E-state index in [1.807, 2.05) is 6.07 Å². The Balaban J connectivity index is 3.89. The van der Waals surface area contributed by atoms with Gasteiger partial charge in [0.25, 0.3) is 0 Å². The van der Waals surface area contributed by atoms with Crippen LogP contribution in [0.1, 0.15) is 13.8 Å². The summed E-state index contributed by atoms with van der Waals surface area (Å²) >= 11 is 1.21. The third kappa shape index (κ3) is 6.30. The number of hydrogen-bond donors (Lipinski definition) is 2. The van der Waals surface area contributed by atoms with E-state index in [0.717, 1.165) is 0 Å². The SMILES string of the molecule is CC(C)C(CNC(=O)CSCC#N)C(=O)O. The van der Waals surface area contributed by atoms with Gasteiger partial charge in [0, 0.05) is 6.54 Å². The maximum Gasteiger partial charge on any atom is 0.308 e. The minimum absolute atomic E-state index is 0.0236. The summed E-state index contributed by atoms with van der Waals surface area (Å²) in [5.41, 5.74) is 0. The van der Waals surface area contributed by atoms with Crippen LogP contribution >= 0.6 is 11.8 Å². The second-order valence-corrected chi connectivity index (χ2v) is 4.63. The minimum Gasteiger partial charge on any atom is -0.481 e. The van der Waals surface area contributed by atoms with Crippen molar-refractivity contribution in [3.8, 4) is 6.07 Å². The van der Waals surface area contributed by atoms with Crippen molar-refractivity contribution in [2.75, 3.05) is 18.1 Å². The molecular weight excluding hydrogens is 228 g/mol. The standard InChI is InChI=1S/C10H16N2O3S/c1-7(2)8(10(14)15)5-12-9(13)6-16-4-3-11/h7-8H,4-6H2,1-2H3,(H,12,13)(H,14,15). The first kappa shape index (κ1) is 14.8. The maximum atomic E-state index is 11.2. The summed E-state index contributed by atoms with van der Waals surface area (Å²) < 4.78 is 0. The van der Waals surface area contributed by atoms with E-state index in [2.05, 4.69) is 5.32 Å². The highest BCUT2D eigenvalue weighted by Crippen LogP contribution is 2.09. The molecule has 0 aromatic heterocycles. The Labute approximate surface area is 99.2 Å². The van der Waals surface area contributed by atoms with Crippen LogP contribution < -0.4 is 5.32 Å². The first-order valence-corrected chi connectivity index (χ1v) is 6.08. The van der Waals surface area contributed by atoms with Crippen molar-refractivity contribution >= 4 is 23.6 Å². The lowest BCUT2D eigenvalue weighted by Crippen LogP contribution is -2.36. The molecule has 5 nitrogen and oxygen atoms in total. The van der Waals surface area contributed by atoms with E-state index >= 15 is 0 Å². The summed E-state index contributed by atoms with van der Waals surface area (Å²) in [6.07, 6.45) is 0. The first-order valence-electron chi connectivity index (χ1n) is 4.93. The summed E-state index contributed by atoms with van der Waals surface area (Å²) in [6.45, 7) is 3.74. The molecule has 1 unspecified atom stereocenters. The molecule has 0 saturated heterocycles. The highest BCUT2D eigenvalue weighted by atomic mass is 32.2. The predicted octanol–water partition coefficient (Wildman–Crippen LogP) is 0.716. The van der Waals surface area contributed by atoms with Gasteiger partial charge in [-0.1, -0.05) is 13.8 Å². The van der Waals surface area contributed by atoms with Gasteiger partial charge in [-0.3, -0.25) is 9.59 Å². The molecule has 0 aliphatic rings. The molecule has 0 aromatic rings. The molecule has 0 aliphatic heterocycles. The molecule has 0 saturated carbocycles. The van der Waals surface area contributed by atoms with Crippen molar-refractivity contribution in [2.45, 2.75) is 13.8 Å².